The first-order valence-corrected chi connectivity index (χ1v) is 15.3. The summed E-state index contributed by atoms with van der Waals surface area (Å²) in [5, 5.41) is 2.35. The van der Waals surface area contributed by atoms with Crippen LogP contribution in [-0.4, -0.2) is 30.6 Å². The number of nitrogens with one attached hydrogen (secondary N) is 1. The smallest absolute Gasteiger partial charge is 0.330 e. The lowest BCUT2D eigenvalue weighted by molar-refractivity contribution is -0.0301. The predicted molar refractivity (Wildman–Crippen MR) is 151 cm³/mol. The minimum absolute atomic E-state index is 0.125. The summed E-state index contributed by atoms with van der Waals surface area (Å²) < 4.78 is 15.3. The second kappa shape index (κ2) is 11.3. The normalized spacial score (nSPS) is 20.3. The molecular formula is C30H40N2O4Si. The van der Waals surface area contributed by atoms with Crippen LogP contribution in [-0.2, 0) is 9.16 Å². The molecule has 3 atom stereocenters. The molecular weight excluding hydrogens is 480 g/mol. The number of nitrogens with zero attached hydrogens (tertiary/aromatic N) is 1. The Hall–Kier alpha value is -2.74. The lowest BCUT2D eigenvalue weighted by Gasteiger charge is -2.43. The summed E-state index contributed by atoms with van der Waals surface area (Å²) in [6.07, 6.45) is 4.99. The van der Waals surface area contributed by atoms with Gasteiger partial charge in [0, 0.05) is 11.8 Å². The lowest BCUT2D eigenvalue weighted by atomic mass is 9.95. The van der Waals surface area contributed by atoms with Crippen molar-refractivity contribution in [2.24, 2.45) is 5.92 Å². The highest BCUT2D eigenvalue weighted by Gasteiger charge is 2.51. The predicted octanol–water partition coefficient (Wildman–Crippen LogP) is 4.52. The molecule has 0 amide bonds. The number of aromatic nitrogens is 2. The highest BCUT2D eigenvalue weighted by molar-refractivity contribution is 6.99. The summed E-state index contributed by atoms with van der Waals surface area (Å²) in [6.45, 7) is 11.2. The summed E-state index contributed by atoms with van der Waals surface area (Å²) in [5.41, 5.74) is -0.280. The van der Waals surface area contributed by atoms with Crippen molar-refractivity contribution in [1.82, 2.24) is 9.55 Å². The Morgan fingerprint density at radius 3 is 2.16 bits per heavy atom. The van der Waals surface area contributed by atoms with E-state index in [0.29, 0.717) is 12.2 Å². The Kier molecular flexibility index (Phi) is 8.36. The molecule has 1 aromatic heterocycles. The Balaban J connectivity index is 1.69. The highest BCUT2D eigenvalue weighted by atomic mass is 28.4. The van der Waals surface area contributed by atoms with Crippen LogP contribution >= 0.6 is 0 Å². The molecule has 6 nitrogen and oxygen atoms in total. The van der Waals surface area contributed by atoms with Crippen LogP contribution in [0.5, 0.6) is 0 Å². The van der Waals surface area contributed by atoms with E-state index in [0.717, 1.165) is 25.7 Å². The van der Waals surface area contributed by atoms with Crippen LogP contribution in [0.25, 0.3) is 0 Å². The molecule has 0 aliphatic carbocycles. The summed E-state index contributed by atoms with van der Waals surface area (Å²) in [4.78, 5) is 27.0. The fourth-order valence-electron chi connectivity index (χ4n) is 5.67. The number of aromatic amines is 1. The lowest BCUT2D eigenvalue weighted by Crippen LogP contribution is -2.67. The van der Waals surface area contributed by atoms with Crippen LogP contribution < -0.4 is 21.6 Å². The SMILES string of the molecule is CCCC[C@H]1C[C@H](n2cc(C)c(=O)[nH]c2=O)O[C@@H]1CO[Si](c1ccccc1)(c1ccccc1)C(C)(C)C. The van der Waals surface area contributed by atoms with Crippen LogP contribution in [0.3, 0.4) is 0 Å². The van der Waals surface area contributed by atoms with Gasteiger partial charge in [-0.25, -0.2) is 4.79 Å². The van der Waals surface area contributed by atoms with Gasteiger partial charge in [0.05, 0.1) is 12.7 Å². The van der Waals surface area contributed by atoms with Crippen molar-refractivity contribution in [3.05, 3.63) is 93.3 Å². The standard InChI is InChI=1S/C30H40N2O4Si/c1-6-7-14-23-19-27(32-20-22(2)28(33)31-29(32)34)36-26(23)21-35-37(30(3,4)5,24-15-10-8-11-16-24)25-17-12-9-13-18-25/h8-13,15-18,20,23,26-27H,6-7,14,19,21H2,1-5H3,(H,31,33,34)/t23-,26+,27+/m0/s1. The zero-order valence-electron chi connectivity index (χ0n) is 22.7. The first kappa shape index (κ1) is 27.3. The zero-order chi connectivity index (χ0) is 26.6. The number of benzene rings is 2. The highest BCUT2D eigenvalue weighted by Crippen LogP contribution is 2.40. The fourth-order valence-corrected chi connectivity index (χ4v) is 10.2. The molecule has 0 spiro atoms. The molecule has 0 unspecified atom stereocenters. The number of aryl methyl sites for hydroxylation is 1. The topological polar surface area (TPSA) is 73.3 Å². The number of rotatable bonds is 9. The summed E-state index contributed by atoms with van der Waals surface area (Å²) in [7, 11) is -2.70. The number of hydrogen-bond donors (Lipinski definition) is 1. The maximum atomic E-state index is 12.6. The second-order valence-electron chi connectivity index (χ2n) is 11.2. The van der Waals surface area contributed by atoms with E-state index in [1.54, 1.807) is 17.7 Å². The zero-order valence-corrected chi connectivity index (χ0v) is 23.7. The van der Waals surface area contributed by atoms with Crippen molar-refractivity contribution in [1.29, 1.82) is 0 Å². The molecule has 0 radical (unpaired) electrons. The van der Waals surface area contributed by atoms with Gasteiger partial charge in [0.2, 0.25) is 0 Å². The molecule has 4 rings (SSSR count). The van der Waals surface area contributed by atoms with Crippen molar-refractivity contribution >= 4 is 18.7 Å². The van der Waals surface area contributed by atoms with Crippen molar-refractivity contribution < 1.29 is 9.16 Å². The van der Waals surface area contributed by atoms with Gasteiger partial charge in [-0.05, 0) is 41.1 Å². The van der Waals surface area contributed by atoms with Crippen LogP contribution in [0.2, 0.25) is 5.04 Å². The Labute approximate surface area is 220 Å². The minimum atomic E-state index is -2.70. The van der Waals surface area contributed by atoms with Crippen molar-refractivity contribution in [3.63, 3.8) is 0 Å². The van der Waals surface area contributed by atoms with Gasteiger partial charge in [0.15, 0.2) is 0 Å². The van der Waals surface area contributed by atoms with E-state index in [4.69, 9.17) is 9.16 Å². The molecule has 1 N–H and O–H groups in total. The number of H-pyrrole nitrogens is 1. The molecule has 2 aromatic carbocycles. The molecule has 37 heavy (non-hydrogen) atoms. The molecule has 1 fully saturated rings. The average Bonchev–Trinajstić information content (AvgIpc) is 3.28. The van der Waals surface area contributed by atoms with Gasteiger partial charge in [-0.1, -0.05) is 101 Å². The van der Waals surface area contributed by atoms with Crippen molar-refractivity contribution in [3.8, 4) is 0 Å². The Morgan fingerprint density at radius 1 is 1.03 bits per heavy atom. The molecule has 198 valence electrons. The van der Waals surface area contributed by atoms with Crippen LogP contribution in [0.4, 0.5) is 0 Å². The minimum Gasteiger partial charge on any atom is -0.405 e. The van der Waals surface area contributed by atoms with Crippen molar-refractivity contribution in [2.45, 2.75) is 77.7 Å². The number of ether oxygens (including phenoxy) is 1. The monoisotopic (exact) mass is 520 g/mol. The quantitative estimate of drug-likeness (QED) is 0.421. The third-order valence-electron chi connectivity index (χ3n) is 7.63. The van der Waals surface area contributed by atoms with E-state index in [2.05, 4.69) is 81.2 Å². The molecule has 0 saturated carbocycles. The van der Waals surface area contributed by atoms with Gasteiger partial charge in [-0.2, -0.15) is 0 Å². The van der Waals surface area contributed by atoms with Gasteiger partial charge in [-0.15, -0.1) is 0 Å². The largest absolute Gasteiger partial charge is 0.405 e. The van der Waals surface area contributed by atoms with Gasteiger partial charge >= 0.3 is 5.69 Å². The summed E-state index contributed by atoms with van der Waals surface area (Å²) >= 11 is 0. The Morgan fingerprint density at radius 2 is 1.62 bits per heavy atom. The Bertz CT molecular complexity index is 1240. The van der Waals surface area contributed by atoms with E-state index in [1.165, 1.54) is 10.4 Å². The third-order valence-corrected chi connectivity index (χ3v) is 12.6. The number of unbranched alkanes of at least 4 members (excludes halogenated alkanes) is 1. The fraction of sp³-hybridized carbons (Fsp3) is 0.467. The van der Waals surface area contributed by atoms with E-state index < -0.39 is 20.2 Å². The average molecular weight is 521 g/mol. The maximum Gasteiger partial charge on any atom is 0.330 e. The van der Waals surface area contributed by atoms with Gasteiger partial charge in [0.1, 0.15) is 6.23 Å². The molecule has 2 heterocycles. The second-order valence-corrected chi connectivity index (χ2v) is 15.5. The van der Waals surface area contributed by atoms with E-state index in [9.17, 15) is 9.59 Å². The molecule has 1 aliphatic heterocycles. The van der Waals surface area contributed by atoms with Gasteiger partial charge in [0.25, 0.3) is 13.9 Å². The van der Waals surface area contributed by atoms with E-state index >= 15 is 0 Å². The third kappa shape index (κ3) is 5.59. The van der Waals surface area contributed by atoms with Crippen LogP contribution in [0.15, 0.2) is 76.4 Å². The molecule has 3 aromatic rings. The molecule has 7 heteroatoms. The molecule has 1 saturated heterocycles. The maximum absolute atomic E-state index is 12.6. The summed E-state index contributed by atoms with van der Waals surface area (Å²) in [6, 6.07) is 21.2. The summed E-state index contributed by atoms with van der Waals surface area (Å²) in [5.74, 6) is 0.266. The number of hydrogen-bond acceptors (Lipinski definition) is 4. The first-order chi connectivity index (χ1) is 17.7. The van der Waals surface area contributed by atoms with Crippen LogP contribution in [0.1, 0.15) is 65.2 Å². The first-order valence-electron chi connectivity index (χ1n) is 13.4. The van der Waals surface area contributed by atoms with E-state index in [1.807, 2.05) is 12.1 Å². The van der Waals surface area contributed by atoms with Crippen molar-refractivity contribution in [2.75, 3.05) is 6.61 Å². The molecule has 0 bridgehead atoms. The van der Waals surface area contributed by atoms with Gasteiger partial charge < -0.3 is 9.16 Å². The van der Waals surface area contributed by atoms with E-state index in [-0.39, 0.29) is 22.6 Å². The van der Waals surface area contributed by atoms with Gasteiger partial charge in [-0.3, -0.25) is 14.3 Å². The van der Waals surface area contributed by atoms with Crippen LogP contribution in [0, 0.1) is 12.8 Å². The molecule has 1 aliphatic rings.